The number of rotatable bonds is 10. The van der Waals surface area contributed by atoms with Crippen molar-refractivity contribution in [1.82, 2.24) is 0 Å². The Bertz CT molecular complexity index is 2440. The van der Waals surface area contributed by atoms with Crippen molar-refractivity contribution in [3.8, 4) is 33.4 Å². The molecule has 0 bridgehead atoms. The average molecular weight is 946 g/mol. The van der Waals surface area contributed by atoms with Crippen molar-refractivity contribution in [2.75, 3.05) is 0 Å². The Labute approximate surface area is 385 Å². The average Bonchev–Trinajstić information content (AvgIpc) is 3.90. The Hall–Kier alpha value is -3.29. The van der Waals surface area contributed by atoms with Crippen molar-refractivity contribution in [1.29, 1.82) is 0 Å². The van der Waals surface area contributed by atoms with E-state index in [1.807, 2.05) is 0 Å². The number of hydrogen-bond acceptors (Lipinski definition) is 0. The molecule has 2 aliphatic rings. The number of hydrogen-bond donors (Lipinski definition) is 0. The first-order valence-corrected chi connectivity index (χ1v) is 27.1. The van der Waals surface area contributed by atoms with Crippen LogP contribution in [0.15, 0.2) is 146 Å². The zero-order valence-electron chi connectivity index (χ0n) is 35.4. The van der Waals surface area contributed by atoms with Gasteiger partial charge in [-0.25, -0.2) is 0 Å². The Kier molecular flexibility index (Phi) is 12.9. The van der Waals surface area contributed by atoms with Gasteiger partial charge in [0.25, 0.3) is 0 Å². The topological polar surface area (TPSA) is 0 Å². The van der Waals surface area contributed by atoms with E-state index in [-0.39, 0.29) is 18.1 Å². The third-order valence-corrected chi connectivity index (χ3v) is 21.9. The molecule has 0 radical (unpaired) electrons. The van der Waals surface area contributed by atoms with Crippen LogP contribution in [0.3, 0.4) is 0 Å². The zero-order chi connectivity index (χ0) is 42.3. The summed E-state index contributed by atoms with van der Waals surface area (Å²) in [4.78, 5) is 0. The summed E-state index contributed by atoms with van der Waals surface area (Å²) in [5.74, 6) is 1.62. The van der Waals surface area contributed by atoms with Crippen LogP contribution < -0.4 is 0 Å². The molecule has 8 rings (SSSR count). The first kappa shape index (κ1) is 43.4. The number of fused-ring (bicyclic) bond motifs is 3. The fraction of sp³-hybridized carbons (Fsp3) is 0.255. The summed E-state index contributed by atoms with van der Waals surface area (Å²) in [5, 5.41) is 0. The number of benzene rings is 6. The summed E-state index contributed by atoms with van der Waals surface area (Å²) in [6.07, 6.45) is 9.46. The molecule has 0 aliphatic heterocycles. The summed E-state index contributed by atoms with van der Waals surface area (Å²) in [7, 11) is 0. The quantitative estimate of drug-likeness (QED) is 0.120. The number of alkyl halides is 4. The molecule has 0 fully saturated rings. The Morgan fingerprint density at radius 3 is 1.17 bits per heavy atom. The van der Waals surface area contributed by atoms with Crippen molar-refractivity contribution < 1.29 is 21.3 Å². The molecule has 0 nitrogen and oxygen atoms in total. The first-order valence-electron chi connectivity index (χ1n) is 20.9. The minimum atomic E-state index is -3.21. The van der Waals surface area contributed by atoms with Crippen LogP contribution in [-0.4, -0.2) is 3.21 Å². The molecule has 6 aromatic rings. The van der Waals surface area contributed by atoms with Crippen LogP contribution in [0.25, 0.3) is 33.4 Å². The molecule has 6 aromatic carbocycles. The van der Waals surface area contributed by atoms with Gasteiger partial charge in [0.1, 0.15) is 0 Å². The van der Waals surface area contributed by atoms with Gasteiger partial charge < -0.3 is 0 Å². The SMILES string of the molecule is CC(C)(C)c1cc2c(cc1-c1ccccc1)[CH]([Zr](=[C](c1cc(CCl)cc(CCl)c1)c1cc(CCl)cc(CCl)c1)[CH]1C=CC=C1)c1cc(-c3ccccc3)c(C(C)(C)C)cc1-2. The van der Waals surface area contributed by atoms with Crippen molar-refractivity contribution >= 4 is 49.6 Å². The van der Waals surface area contributed by atoms with Gasteiger partial charge in [0, 0.05) is 0 Å². The Morgan fingerprint density at radius 2 is 0.833 bits per heavy atom. The molecule has 0 saturated carbocycles. The summed E-state index contributed by atoms with van der Waals surface area (Å²) in [5.41, 5.74) is 19.9. The van der Waals surface area contributed by atoms with E-state index < -0.39 is 21.3 Å². The van der Waals surface area contributed by atoms with E-state index in [1.165, 1.54) is 70.0 Å². The second kappa shape index (κ2) is 17.8. The van der Waals surface area contributed by atoms with Gasteiger partial charge in [0.05, 0.1) is 0 Å². The maximum absolute atomic E-state index is 6.70. The monoisotopic (exact) mass is 942 g/mol. The molecule has 5 heteroatoms. The van der Waals surface area contributed by atoms with E-state index in [0.717, 1.165) is 22.3 Å². The molecule has 0 heterocycles. The zero-order valence-corrected chi connectivity index (χ0v) is 40.8. The molecule has 2 aliphatic carbocycles. The van der Waals surface area contributed by atoms with Gasteiger partial charge in [-0.1, -0.05) is 0 Å². The van der Waals surface area contributed by atoms with E-state index in [9.17, 15) is 0 Å². The van der Waals surface area contributed by atoms with Crippen LogP contribution in [0, 0.1) is 0 Å². The summed E-state index contributed by atoms with van der Waals surface area (Å²) in [6.45, 7) is 14.1. The van der Waals surface area contributed by atoms with Crippen molar-refractivity contribution in [2.24, 2.45) is 0 Å². The molecule has 60 heavy (non-hydrogen) atoms. The Morgan fingerprint density at radius 1 is 0.467 bits per heavy atom. The standard InChI is InChI=1S/C33H33.C17H14Cl4.C5H5.Zr/c1-32(2,3)30-20-26-24(18-28(30)22-13-9-7-10-14-22)17-25-19-29(23-15-11-8-12-16-23)31(21-27(25)26)33(4,5)6;18-8-14-2-12(3-15(6-14)9-19)1-13-4-16(10-20)7-17(5-13)11-21;1-2-4-5-3-1;/h7-21H,1-6H3;2-7H,8-11H2;1-5H;. The van der Waals surface area contributed by atoms with E-state index >= 15 is 0 Å². The molecular formula is C55H52Cl4Zr. The van der Waals surface area contributed by atoms with E-state index in [2.05, 4.69) is 187 Å². The fourth-order valence-corrected chi connectivity index (χ4v) is 19.2. The van der Waals surface area contributed by atoms with Crippen LogP contribution in [-0.2, 0) is 55.6 Å². The van der Waals surface area contributed by atoms with E-state index in [1.54, 1.807) is 0 Å². The molecule has 0 N–H and O–H groups in total. The molecule has 0 unspecified atom stereocenters. The van der Waals surface area contributed by atoms with Gasteiger partial charge in [0.2, 0.25) is 0 Å². The molecule has 0 atom stereocenters. The summed E-state index contributed by atoms with van der Waals surface area (Å²) >= 11 is 23.6. The second-order valence-corrected chi connectivity index (χ2v) is 26.0. The minimum absolute atomic E-state index is 0.0922. The first-order chi connectivity index (χ1) is 28.8. The predicted octanol–water partition coefficient (Wildman–Crippen LogP) is 16.4. The van der Waals surface area contributed by atoms with Gasteiger partial charge in [-0.3, -0.25) is 0 Å². The fourth-order valence-electron chi connectivity index (χ4n) is 9.40. The predicted molar refractivity (Wildman–Crippen MR) is 258 cm³/mol. The molecule has 0 spiro atoms. The Balaban J connectivity index is 1.59. The van der Waals surface area contributed by atoms with Crippen LogP contribution in [0.5, 0.6) is 0 Å². The van der Waals surface area contributed by atoms with Crippen molar-refractivity contribution in [3.63, 3.8) is 0 Å². The third-order valence-electron chi connectivity index (χ3n) is 12.1. The third kappa shape index (κ3) is 8.57. The van der Waals surface area contributed by atoms with E-state index in [0.29, 0.717) is 23.5 Å². The number of allylic oxidation sites excluding steroid dienone is 4. The maximum atomic E-state index is 6.70. The molecular weight excluding hydrogens is 894 g/mol. The number of halogens is 4. The molecule has 0 saturated heterocycles. The van der Waals surface area contributed by atoms with Crippen molar-refractivity contribution in [3.05, 3.63) is 201 Å². The van der Waals surface area contributed by atoms with Gasteiger partial charge in [-0.15, -0.1) is 0 Å². The van der Waals surface area contributed by atoms with Crippen LogP contribution in [0.1, 0.15) is 101 Å². The van der Waals surface area contributed by atoms with E-state index in [4.69, 9.17) is 46.4 Å². The van der Waals surface area contributed by atoms with Crippen LogP contribution in [0.2, 0.25) is 3.63 Å². The summed E-state index contributed by atoms with van der Waals surface area (Å²) in [6, 6.07) is 45.9. The van der Waals surface area contributed by atoms with Crippen LogP contribution >= 0.6 is 46.4 Å². The molecule has 304 valence electrons. The second-order valence-electron chi connectivity index (χ2n) is 18.4. The van der Waals surface area contributed by atoms with Gasteiger partial charge >= 0.3 is 389 Å². The van der Waals surface area contributed by atoms with Crippen molar-refractivity contribution in [2.45, 2.75) is 83.1 Å². The van der Waals surface area contributed by atoms with Gasteiger partial charge in [0.15, 0.2) is 0 Å². The summed E-state index contributed by atoms with van der Waals surface area (Å²) < 4.78 is 1.87. The molecule has 0 aromatic heterocycles. The van der Waals surface area contributed by atoms with Crippen LogP contribution in [0.4, 0.5) is 0 Å². The van der Waals surface area contributed by atoms with Gasteiger partial charge in [-0.05, 0) is 0 Å². The van der Waals surface area contributed by atoms with Gasteiger partial charge in [-0.2, -0.15) is 0 Å². The molecule has 0 amide bonds. The normalized spacial score (nSPS) is 13.8.